The molecule has 0 fully saturated rings. The molecule has 4 nitrogen and oxygen atoms in total. The third-order valence-electron chi connectivity index (χ3n) is 4.31. The van der Waals surface area contributed by atoms with Gasteiger partial charge in [0, 0.05) is 29.6 Å². The van der Waals surface area contributed by atoms with Crippen LogP contribution in [0.3, 0.4) is 0 Å². The van der Waals surface area contributed by atoms with Gasteiger partial charge in [-0.05, 0) is 24.6 Å². The molecule has 0 saturated carbocycles. The zero-order valence-corrected chi connectivity index (χ0v) is 14.7. The lowest BCUT2D eigenvalue weighted by Gasteiger charge is -2.19. The van der Waals surface area contributed by atoms with Gasteiger partial charge in [0.15, 0.2) is 0 Å². The number of aromatic nitrogens is 1. The van der Waals surface area contributed by atoms with Crippen molar-refractivity contribution in [1.29, 1.82) is 0 Å². The van der Waals surface area contributed by atoms with Gasteiger partial charge in [-0.25, -0.2) is 0 Å². The lowest BCUT2D eigenvalue weighted by Crippen LogP contribution is -2.41. The molecule has 1 aromatic heterocycles. The number of hydrogen-bond donors (Lipinski definition) is 2. The standard InChI is InChI=1S/C22H22N2O2/c1-16(20(25)15-17-7-3-2-4-8-17)24-21(26)13-12-19-10-5-9-18-11-6-14-23-22(18)19/h2-14,16,20,25H,15H2,1H3,(H,24,26)/b13-12+. The van der Waals surface area contributed by atoms with Crippen molar-refractivity contribution >= 4 is 22.9 Å². The number of nitrogens with one attached hydrogen (secondary N) is 1. The van der Waals surface area contributed by atoms with Crippen LogP contribution in [0.2, 0.25) is 0 Å². The van der Waals surface area contributed by atoms with Crippen molar-refractivity contribution in [3.63, 3.8) is 0 Å². The van der Waals surface area contributed by atoms with Crippen molar-refractivity contribution in [3.05, 3.63) is 84.1 Å². The zero-order chi connectivity index (χ0) is 18.4. The zero-order valence-electron chi connectivity index (χ0n) is 14.7. The summed E-state index contributed by atoms with van der Waals surface area (Å²) in [7, 11) is 0. The first-order chi connectivity index (χ1) is 12.6. The number of aliphatic hydroxyl groups is 1. The van der Waals surface area contributed by atoms with E-state index in [2.05, 4.69) is 10.3 Å². The van der Waals surface area contributed by atoms with Crippen LogP contribution in [0.15, 0.2) is 72.9 Å². The molecule has 3 aromatic rings. The number of pyridine rings is 1. The molecular weight excluding hydrogens is 324 g/mol. The number of benzene rings is 2. The highest BCUT2D eigenvalue weighted by Crippen LogP contribution is 2.17. The molecule has 26 heavy (non-hydrogen) atoms. The quantitative estimate of drug-likeness (QED) is 0.673. The minimum Gasteiger partial charge on any atom is -0.391 e. The van der Waals surface area contributed by atoms with E-state index in [9.17, 15) is 9.90 Å². The monoisotopic (exact) mass is 346 g/mol. The van der Waals surface area contributed by atoms with Gasteiger partial charge >= 0.3 is 0 Å². The molecule has 0 radical (unpaired) electrons. The third-order valence-corrected chi connectivity index (χ3v) is 4.31. The molecule has 4 heteroatoms. The second-order valence-electron chi connectivity index (χ2n) is 6.31. The number of rotatable bonds is 6. The lowest BCUT2D eigenvalue weighted by atomic mass is 10.0. The summed E-state index contributed by atoms with van der Waals surface area (Å²) in [6.45, 7) is 1.80. The first kappa shape index (κ1) is 17.8. The van der Waals surface area contributed by atoms with E-state index in [4.69, 9.17) is 0 Å². The van der Waals surface area contributed by atoms with Crippen LogP contribution in [-0.4, -0.2) is 28.1 Å². The van der Waals surface area contributed by atoms with Crippen LogP contribution in [0.1, 0.15) is 18.1 Å². The molecule has 2 unspecified atom stereocenters. The first-order valence-electron chi connectivity index (χ1n) is 8.68. The Labute approximate surface area is 153 Å². The molecule has 0 aliphatic heterocycles. The summed E-state index contributed by atoms with van der Waals surface area (Å²) >= 11 is 0. The summed E-state index contributed by atoms with van der Waals surface area (Å²) in [5.41, 5.74) is 2.78. The predicted octanol–water partition coefficient (Wildman–Crippen LogP) is 3.36. The molecule has 1 heterocycles. The maximum absolute atomic E-state index is 12.2. The fourth-order valence-corrected chi connectivity index (χ4v) is 2.83. The highest BCUT2D eigenvalue weighted by molar-refractivity contribution is 5.95. The van der Waals surface area contributed by atoms with E-state index < -0.39 is 6.10 Å². The van der Waals surface area contributed by atoms with Crippen molar-refractivity contribution in [1.82, 2.24) is 10.3 Å². The number of aliphatic hydroxyl groups excluding tert-OH is 1. The lowest BCUT2D eigenvalue weighted by molar-refractivity contribution is -0.117. The Hall–Kier alpha value is -2.98. The van der Waals surface area contributed by atoms with Crippen LogP contribution in [-0.2, 0) is 11.2 Å². The Kier molecular flexibility index (Phi) is 5.77. The van der Waals surface area contributed by atoms with Crippen molar-refractivity contribution in [3.8, 4) is 0 Å². The van der Waals surface area contributed by atoms with Gasteiger partial charge in [-0.2, -0.15) is 0 Å². The Bertz CT molecular complexity index is 901. The van der Waals surface area contributed by atoms with Gasteiger partial charge < -0.3 is 10.4 Å². The highest BCUT2D eigenvalue weighted by atomic mass is 16.3. The van der Waals surface area contributed by atoms with E-state index >= 15 is 0 Å². The number of carbonyl (C=O) groups is 1. The van der Waals surface area contributed by atoms with Crippen molar-refractivity contribution in [2.45, 2.75) is 25.5 Å². The van der Waals surface area contributed by atoms with Gasteiger partial charge in [-0.1, -0.05) is 54.6 Å². The predicted molar refractivity (Wildman–Crippen MR) is 105 cm³/mol. The van der Waals surface area contributed by atoms with Gasteiger partial charge in [0.2, 0.25) is 5.91 Å². The van der Waals surface area contributed by atoms with Gasteiger partial charge in [0.05, 0.1) is 17.7 Å². The molecule has 132 valence electrons. The van der Waals surface area contributed by atoms with Crippen LogP contribution in [0, 0.1) is 0 Å². The molecule has 2 aromatic carbocycles. The summed E-state index contributed by atoms with van der Waals surface area (Å²) in [6, 6.07) is 19.1. The van der Waals surface area contributed by atoms with Crippen LogP contribution in [0.4, 0.5) is 0 Å². The summed E-state index contributed by atoms with van der Waals surface area (Å²) in [5.74, 6) is -0.238. The Morgan fingerprint density at radius 3 is 2.69 bits per heavy atom. The van der Waals surface area contributed by atoms with Crippen LogP contribution in [0.5, 0.6) is 0 Å². The molecule has 2 N–H and O–H groups in total. The van der Waals surface area contributed by atoms with E-state index in [1.54, 1.807) is 19.2 Å². The normalized spacial score (nSPS) is 13.6. The second-order valence-corrected chi connectivity index (χ2v) is 6.31. The summed E-state index contributed by atoms with van der Waals surface area (Å²) in [6.07, 6.45) is 4.82. The van der Waals surface area contributed by atoms with Crippen LogP contribution < -0.4 is 5.32 Å². The molecule has 0 aliphatic rings. The molecule has 0 spiro atoms. The van der Waals surface area contributed by atoms with Crippen LogP contribution >= 0.6 is 0 Å². The third kappa shape index (κ3) is 4.55. The average molecular weight is 346 g/mol. The second kappa shape index (κ2) is 8.41. The molecule has 2 atom stereocenters. The fraction of sp³-hybridized carbons (Fsp3) is 0.182. The number of nitrogens with zero attached hydrogens (tertiary/aromatic N) is 1. The average Bonchev–Trinajstić information content (AvgIpc) is 2.67. The Morgan fingerprint density at radius 2 is 1.88 bits per heavy atom. The molecule has 0 bridgehead atoms. The topological polar surface area (TPSA) is 62.2 Å². The van der Waals surface area contributed by atoms with E-state index in [0.29, 0.717) is 6.42 Å². The number of amides is 1. The summed E-state index contributed by atoms with van der Waals surface area (Å²) in [5, 5.41) is 14.1. The number of hydrogen-bond acceptors (Lipinski definition) is 3. The van der Waals surface area contributed by atoms with E-state index in [1.165, 1.54) is 6.08 Å². The van der Waals surface area contributed by atoms with Gasteiger partial charge in [0.25, 0.3) is 0 Å². The smallest absolute Gasteiger partial charge is 0.244 e. The Balaban J connectivity index is 1.61. The largest absolute Gasteiger partial charge is 0.391 e. The summed E-state index contributed by atoms with van der Waals surface area (Å²) < 4.78 is 0. The van der Waals surface area contributed by atoms with Gasteiger partial charge in [0.1, 0.15) is 0 Å². The number of fused-ring (bicyclic) bond motifs is 1. The van der Waals surface area contributed by atoms with E-state index in [-0.39, 0.29) is 11.9 Å². The number of carbonyl (C=O) groups excluding carboxylic acids is 1. The minimum atomic E-state index is -0.644. The molecule has 1 amide bonds. The highest BCUT2D eigenvalue weighted by Gasteiger charge is 2.16. The first-order valence-corrected chi connectivity index (χ1v) is 8.68. The van der Waals surface area contributed by atoms with Crippen LogP contribution in [0.25, 0.3) is 17.0 Å². The molecule has 3 rings (SSSR count). The maximum Gasteiger partial charge on any atom is 0.244 e. The summed E-state index contributed by atoms with van der Waals surface area (Å²) in [4.78, 5) is 16.6. The van der Waals surface area contributed by atoms with E-state index in [1.807, 2.05) is 60.7 Å². The van der Waals surface area contributed by atoms with E-state index in [0.717, 1.165) is 22.0 Å². The van der Waals surface area contributed by atoms with Crippen molar-refractivity contribution < 1.29 is 9.90 Å². The fourth-order valence-electron chi connectivity index (χ4n) is 2.83. The SMILES string of the molecule is CC(NC(=O)/C=C/c1cccc2cccnc12)C(O)Cc1ccccc1. The van der Waals surface area contributed by atoms with Gasteiger partial charge in [-0.15, -0.1) is 0 Å². The maximum atomic E-state index is 12.2. The van der Waals surface area contributed by atoms with Gasteiger partial charge in [-0.3, -0.25) is 9.78 Å². The molecule has 0 saturated heterocycles. The Morgan fingerprint density at radius 1 is 1.12 bits per heavy atom. The minimum absolute atomic E-state index is 0.238. The molecule has 0 aliphatic carbocycles. The van der Waals surface area contributed by atoms with Crippen molar-refractivity contribution in [2.24, 2.45) is 0 Å². The number of para-hydroxylation sites is 1. The van der Waals surface area contributed by atoms with Crippen molar-refractivity contribution in [2.75, 3.05) is 0 Å². The molecular formula is C22H22N2O2.